The van der Waals surface area contributed by atoms with Gasteiger partial charge in [0.15, 0.2) is 0 Å². The first-order valence-electron chi connectivity index (χ1n) is 12.3. The number of rotatable bonds is 6. The second kappa shape index (κ2) is 10.9. The zero-order valence-corrected chi connectivity index (χ0v) is 22.3. The molecule has 3 aromatic rings. The first-order valence-corrected chi connectivity index (χ1v) is 13.5. The molecule has 2 aliphatic rings. The predicted octanol–water partition coefficient (Wildman–Crippen LogP) is 4.56. The van der Waals surface area contributed by atoms with Crippen LogP contribution in [0.4, 0.5) is 11.5 Å². The van der Waals surface area contributed by atoms with Crippen LogP contribution in [-0.4, -0.2) is 58.8 Å². The minimum Gasteiger partial charge on any atom is -0.478 e. The van der Waals surface area contributed by atoms with Gasteiger partial charge >= 0.3 is 5.97 Å². The van der Waals surface area contributed by atoms with E-state index in [1.165, 1.54) is 23.9 Å². The molecule has 2 atom stereocenters. The molecule has 5 rings (SSSR count). The number of carboxylic acids is 1. The van der Waals surface area contributed by atoms with Crippen LogP contribution in [0.3, 0.4) is 0 Å². The standard InChI is InChI=1S/C27H28ClN5O4S/c1-16-24(29)27(15-37-16)9-11-33(12-10-27)21-13-31-22(14-30-21)38-20-8-4-7-19(23(20)28)32-25(34)17-5-2-3-6-18(17)26(35)36/h2-8,13-14,16,24H,9-12,15,29H2,1H3,(H,32,34)(H,35,36)/t16-,24+/m0/s1. The zero-order valence-electron chi connectivity index (χ0n) is 20.8. The van der Waals surface area contributed by atoms with Gasteiger partial charge in [0.05, 0.1) is 46.9 Å². The van der Waals surface area contributed by atoms with E-state index >= 15 is 0 Å². The summed E-state index contributed by atoms with van der Waals surface area (Å²) in [5.74, 6) is -0.920. The van der Waals surface area contributed by atoms with Crippen LogP contribution in [0.25, 0.3) is 0 Å². The minimum atomic E-state index is -1.18. The molecule has 38 heavy (non-hydrogen) atoms. The van der Waals surface area contributed by atoms with Crippen molar-refractivity contribution >= 4 is 46.7 Å². The number of carbonyl (C=O) groups excluding carboxylic acids is 1. The van der Waals surface area contributed by atoms with Crippen molar-refractivity contribution < 1.29 is 19.4 Å². The van der Waals surface area contributed by atoms with E-state index in [4.69, 9.17) is 22.1 Å². The van der Waals surface area contributed by atoms with Crippen LogP contribution in [-0.2, 0) is 4.74 Å². The number of ether oxygens (including phenoxy) is 1. The van der Waals surface area contributed by atoms with E-state index in [2.05, 4.69) is 20.2 Å². The van der Waals surface area contributed by atoms with Crippen LogP contribution < -0.4 is 16.0 Å². The van der Waals surface area contributed by atoms with Crippen molar-refractivity contribution in [3.05, 3.63) is 71.0 Å². The van der Waals surface area contributed by atoms with E-state index in [0.717, 1.165) is 38.4 Å². The Morgan fingerprint density at radius 2 is 1.87 bits per heavy atom. The monoisotopic (exact) mass is 553 g/mol. The number of amides is 1. The minimum absolute atomic E-state index is 0.0476. The molecule has 9 nitrogen and oxygen atoms in total. The summed E-state index contributed by atoms with van der Waals surface area (Å²) in [6, 6.07) is 11.3. The van der Waals surface area contributed by atoms with E-state index in [1.54, 1.807) is 36.7 Å². The number of piperidine rings is 1. The second-order valence-corrected chi connectivity index (χ2v) is 11.1. The quantitative estimate of drug-likeness (QED) is 0.402. The molecule has 0 unspecified atom stereocenters. The largest absolute Gasteiger partial charge is 0.478 e. The van der Waals surface area contributed by atoms with Gasteiger partial charge in [-0.1, -0.05) is 41.6 Å². The van der Waals surface area contributed by atoms with Gasteiger partial charge in [-0.15, -0.1) is 0 Å². The summed E-state index contributed by atoms with van der Waals surface area (Å²) in [5, 5.41) is 13.1. The van der Waals surface area contributed by atoms with Crippen molar-refractivity contribution in [3.63, 3.8) is 0 Å². The number of carbonyl (C=O) groups is 2. The lowest BCUT2D eigenvalue weighted by Gasteiger charge is -2.41. The van der Waals surface area contributed by atoms with Crippen molar-refractivity contribution in [2.75, 3.05) is 29.9 Å². The maximum absolute atomic E-state index is 12.8. The Morgan fingerprint density at radius 3 is 2.50 bits per heavy atom. The highest BCUT2D eigenvalue weighted by molar-refractivity contribution is 7.99. The molecule has 2 aliphatic heterocycles. The van der Waals surface area contributed by atoms with E-state index in [-0.39, 0.29) is 28.7 Å². The highest BCUT2D eigenvalue weighted by atomic mass is 35.5. The number of nitrogens with zero attached hydrogens (tertiary/aromatic N) is 3. The van der Waals surface area contributed by atoms with Crippen molar-refractivity contribution in [3.8, 4) is 0 Å². The third-order valence-electron chi connectivity index (χ3n) is 7.37. The van der Waals surface area contributed by atoms with Gasteiger partial charge in [-0.05, 0) is 44.0 Å². The lowest BCUT2D eigenvalue weighted by atomic mass is 9.73. The molecule has 0 saturated carbocycles. The smallest absolute Gasteiger partial charge is 0.336 e. The van der Waals surface area contributed by atoms with Crippen LogP contribution in [0.15, 0.2) is 64.8 Å². The van der Waals surface area contributed by atoms with Gasteiger partial charge in [-0.3, -0.25) is 4.79 Å². The molecule has 2 aromatic carbocycles. The molecule has 2 saturated heterocycles. The molecule has 11 heteroatoms. The van der Waals surface area contributed by atoms with Gasteiger partial charge in [-0.2, -0.15) is 0 Å². The van der Waals surface area contributed by atoms with Crippen LogP contribution in [0.2, 0.25) is 5.02 Å². The SMILES string of the molecule is C[C@@H]1OCC2(CCN(c3cnc(Sc4cccc(NC(=O)c5ccccc5C(=O)O)c4Cl)cn3)CC2)[C@@H]1N. The number of aromatic carboxylic acids is 1. The van der Waals surface area contributed by atoms with Gasteiger partial charge in [0.1, 0.15) is 10.8 Å². The summed E-state index contributed by atoms with van der Waals surface area (Å²) in [7, 11) is 0. The number of halogens is 1. The normalized spacial score (nSPS) is 20.4. The molecule has 0 radical (unpaired) electrons. The van der Waals surface area contributed by atoms with E-state index in [0.29, 0.717) is 20.6 Å². The molecule has 2 fully saturated rings. The molecule has 0 bridgehead atoms. The molecule has 198 valence electrons. The van der Waals surface area contributed by atoms with Gasteiger partial charge < -0.3 is 25.8 Å². The van der Waals surface area contributed by atoms with Gasteiger partial charge in [-0.25, -0.2) is 14.8 Å². The Morgan fingerprint density at radius 1 is 1.13 bits per heavy atom. The highest BCUT2D eigenvalue weighted by Gasteiger charge is 2.47. The fourth-order valence-corrected chi connectivity index (χ4v) is 6.11. The molecular formula is C27H28ClN5O4S. The molecule has 1 aromatic heterocycles. The Labute approximate surface area is 229 Å². The average molecular weight is 554 g/mol. The van der Waals surface area contributed by atoms with E-state index < -0.39 is 11.9 Å². The third-order valence-corrected chi connectivity index (χ3v) is 8.87. The maximum Gasteiger partial charge on any atom is 0.336 e. The molecule has 0 aliphatic carbocycles. The van der Waals surface area contributed by atoms with E-state index in [9.17, 15) is 14.7 Å². The number of hydrogen-bond donors (Lipinski definition) is 3. The number of hydrogen-bond acceptors (Lipinski definition) is 8. The van der Waals surface area contributed by atoms with Gasteiger partial charge in [0, 0.05) is 29.4 Å². The summed E-state index contributed by atoms with van der Waals surface area (Å²) < 4.78 is 5.82. The predicted molar refractivity (Wildman–Crippen MR) is 146 cm³/mol. The number of anilines is 2. The lowest BCUT2D eigenvalue weighted by molar-refractivity contribution is 0.0692. The van der Waals surface area contributed by atoms with Gasteiger partial charge in [0.25, 0.3) is 5.91 Å². The Bertz CT molecular complexity index is 1350. The topological polar surface area (TPSA) is 131 Å². The first kappa shape index (κ1) is 26.4. The lowest BCUT2D eigenvalue weighted by Crippen LogP contribution is -2.50. The van der Waals surface area contributed by atoms with Gasteiger partial charge in [0.2, 0.25) is 0 Å². The number of benzene rings is 2. The molecule has 1 spiro atoms. The Balaban J connectivity index is 1.24. The van der Waals surface area contributed by atoms with E-state index in [1.807, 2.05) is 13.0 Å². The Kier molecular flexibility index (Phi) is 7.58. The molecule has 1 amide bonds. The summed E-state index contributed by atoms with van der Waals surface area (Å²) in [6.07, 6.45) is 5.48. The Hall–Kier alpha value is -3.18. The number of nitrogens with one attached hydrogen (secondary N) is 1. The summed E-state index contributed by atoms with van der Waals surface area (Å²) in [6.45, 7) is 4.46. The second-order valence-electron chi connectivity index (χ2n) is 9.63. The van der Waals surface area contributed by atoms with Crippen LogP contribution in [0, 0.1) is 5.41 Å². The summed E-state index contributed by atoms with van der Waals surface area (Å²) >= 11 is 7.93. The van der Waals surface area contributed by atoms with Crippen LogP contribution in [0.1, 0.15) is 40.5 Å². The zero-order chi connectivity index (χ0) is 26.9. The fraction of sp³-hybridized carbons (Fsp3) is 0.333. The third kappa shape index (κ3) is 5.22. The van der Waals surface area contributed by atoms with Crippen molar-refractivity contribution in [2.24, 2.45) is 11.1 Å². The van der Waals surface area contributed by atoms with Crippen LogP contribution in [0.5, 0.6) is 0 Å². The average Bonchev–Trinajstić information content (AvgIpc) is 3.20. The molecular weight excluding hydrogens is 526 g/mol. The summed E-state index contributed by atoms with van der Waals surface area (Å²) in [5.41, 5.74) is 6.82. The number of nitrogens with two attached hydrogens (primary N) is 1. The number of carboxylic acid groups (broad SMARTS) is 1. The number of aromatic nitrogens is 2. The highest BCUT2D eigenvalue weighted by Crippen LogP contribution is 2.42. The molecule has 4 N–H and O–H groups in total. The fourth-order valence-electron chi connectivity index (χ4n) is 5.04. The van der Waals surface area contributed by atoms with Crippen molar-refractivity contribution in [2.45, 2.75) is 41.8 Å². The first-order chi connectivity index (χ1) is 18.3. The summed E-state index contributed by atoms with van der Waals surface area (Å²) in [4.78, 5) is 36.4. The van der Waals surface area contributed by atoms with Crippen molar-refractivity contribution in [1.29, 1.82) is 0 Å². The molecule has 3 heterocycles. The maximum atomic E-state index is 12.8. The van der Waals surface area contributed by atoms with Crippen molar-refractivity contribution in [1.82, 2.24) is 9.97 Å². The van der Waals surface area contributed by atoms with Crippen LogP contribution >= 0.6 is 23.4 Å².